The average molecular weight is 253 g/mol. The van der Waals surface area contributed by atoms with Crippen molar-refractivity contribution >= 4 is 31.9 Å². The highest BCUT2D eigenvalue weighted by atomic mass is 79.9. The van der Waals surface area contributed by atoms with Crippen LogP contribution in [0.2, 0.25) is 0 Å². The first-order valence-electron chi connectivity index (χ1n) is 1.96. The van der Waals surface area contributed by atoms with Gasteiger partial charge in [-0.05, 0) is 0 Å². The molecule has 1 unspecified atom stereocenters. The van der Waals surface area contributed by atoms with Crippen LogP contribution in [0.15, 0.2) is 0 Å². The van der Waals surface area contributed by atoms with E-state index in [9.17, 15) is 8.96 Å². The van der Waals surface area contributed by atoms with Gasteiger partial charge in [0.15, 0.2) is 0 Å². The first kappa shape index (κ1) is 8.78. The standard InChI is InChI=1S/C3H5Br2F2N/c4-1-3(5)2-8(6)7/h3H,1-2H2. The fourth-order valence-corrected chi connectivity index (χ4v) is 0.622. The second kappa shape index (κ2) is 4.64. The minimum atomic E-state index is -0.847. The van der Waals surface area contributed by atoms with Gasteiger partial charge in [-0.15, -0.1) is 8.96 Å². The van der Waals surface area contributed by atoms with E-state index in [2.05, 4.69) is 31.9 Å². The summed E-state index contributed by atoms with van der Waals surface area (Å²) in [4.78, 5) is -0.169. The zero-order valence-corrected chi connectivity index (χ0v) is 7.12. The van der Waals surface area contributed by atoms with Crippen molar-refractivity contribution in [1.29, 1.82) is 0 Å². The van der Waals surface area contributed by atoms with Crippen molar-refractivity contribution in [3.63, 3.8) is 0 Å². The summed E-state index contributed by atoms with van der Waals surface area (Å²) in [7, 11) is 0. The van der Waals surface area contributed by atoms with Crippen LogP contribution in [0.3, 0.4) is 0 Å². The monoisotopic (exact) mass is 251 g/mol. The third-order valence-corrected chi connectivity index (χ3v) is 2.77. The Hall–Kier alpha value is 0.780. The summed E-state index contributed by atoms with van der Waals surface area (Å²) in [5.74, 6) is 0. The summed E-state index contributed by atoms with van der Waals surface area (Å²) < 4.78 is 22.5. The summed E-state index contributed by atoms with van der Waals surface area (Å²) in [6.45, 7) is -0.245. The van der Waals surface area contributed by atoms with E-state index in [4.69, 9.17) is 0 Å². The number of hydrogen-bond donors (Lipinski definition) is 0. The summed E-state index contributed by atoms with van der Waals surface area (Å²) in [5, 5.41) is -0.308. The molecule has 0 bridgehead atoms. The van der Waals surface area contributed by atoms with E-state index in [1.165, 1.54) is 0 Å². The van der Waals surface area contributed by atoms with Crippen LogP contribution in [0.5, 0.6) is 0 Å². The Bertz CT molecular complexity index is 61.2. The molecule has 0 rings (SSSR count). The smallest absolute Gasteiger partial charge is 0.0753 e. The van der Waals surface area contributed by atoms with Gasteiger partial charge in [-0.25, -0.2) is 0 Å². The summed E-state index contributed by atoms with van der Waals surface area (Å²) in [6.07, 6.45) is 0. The van der Waals surface area contributed by atoms with Crippen LogP contribution in [0, 0.1) is 0 Å². The minimum absolute atomic E-state index is 0.169. The Morgan fingerprint density at radius 3 is 2.12 bits per heavy atom. The second-order valence-electron chi connectivity index (χ2n) is 1.24. The van der Waals surface area contributed by atoms with Gasteiger partial charge in [0, 0.05) is 15.5 Å². The maximum atomic E-state index is 11.3. The molecule has 0 amide bonds. The number of alkyl halides is 2. The predicted molar refractivity (Wildman–Crippen MR) is 35.4 cm³/mol. The largest absolute Gasteiger partial charge is 0.102 e. The van der Waals surface area contributed by atoms with Crippen LogP contribution >= 0.6 is 31.9 Å². The maximum Gasteiger partial charge on any atom is 0.0753 e. The first-order valence-corrected chi connectivity index (χ1v) is 3.99. The molecular formula is C3H5Br2F2N. The summed E-state index contributed by atoms with van der Waals surface area (Å²) in [6, 6.07) is 0. The first-order chi connectivity index (χ1) is 3.66. The molecule has 0 aromatic carbocycles. The normalized spacial score (nSPS) is 14.6. The Labute approximate surface area is 63.2 Å². The molecule has 1 nitrogen and oxygen atoms in total. The van der Waals surface area contributed by atoms with Crippen molar-refractivity contribution < 1.29 is 8.96 Å². The van der Waals surface area contributed by atoms with Gasteiger partial charge in [0.05, 0.1) is 6.54 Å². The van der Waals surface area contributed by atoms with Crippen molar-refractivity contribution in [2.45, 2.75) is 4.83 Å². The zero-order valence-electron chi connectivity index (χ0n) is 3.95. The highest BCUT2D eigenvalue weighted by Gasteiger charge is 2.06. The van der Waals surface area contributed by atoms with Crippen LogP contribution in [-0.2, 0) is 0 Å². The second-order valence-corrected chi connectivity index (χ2v) is 3.18. The van der Waals surface area contributed by atoms with Crippen LogP contribution in [0.4, 0.5) is 8.96 Å². The molecule has 0 saturated heterocycles. The fourth-order valence-electron chi connectivity index (χ4n) is 0.199. The van der Waals surface area contributed by atoms with E-state index in [1.807, 2.05) is 0 Å². The Balaban J connectivity index is 3.10. The summed E-state index contributed by atoms with van der Waals surface area (Å²) in [5.41, 5.74) is 0. The Kier molecular flexibility index (Phi) is 5.09. The Morgan fingerprint density at radius 1 is 1.50 bits per heavy atom. The molecule has 5 heteroatoms. The quantitative estimate of drug-likeness (QED) is 0.550. The lowest BCUT2D eigenvalue weighted by Crippen LogP contribution is -2.15. The fraction of sp³-hybridized carbons (Fsp3) is 1.00. The SMILES string of the molecule is FN(F)CC(Br)CBr. The number of hydrogen-bond acceptors (Lipinski definition) is 1. The molecule has 0 aliphatic heterocycles. The van der Waals surface area contributed by atoms with E-state index in [-0.39, 0.29) is 11.4 Å². The van der Waals surface area contributed by atoms with Gasteiger partial charge in [-0.2, -0.15) is 0 Å². The van der Waals surface area contributed by atoms with E-state index >= 15 is 0 Å². The molecule has 8 heavy (non-hydrogen) atoms. The van der Waals surface area contributed by atoms with Gasteiger partial charge >= 0.3 is 0 Å². The topological polar surface area (TPSA) is 3.24 Å². The van der Waals surface area contributed by atoms with Gasteiger partial charge in [-0.3, -0.25) is 0 Å². The highest BCUT2D eigenvalue weighted by Crippen LogP contribution is 2.06. The van der Waals surface area contributed by atoms with E-state index in [0.29, 0.717) is 5.33 Å². The molecule has 0 aromatic rings. The summed E-state index contributed by atoms with van der Waals surface area (Å²) >= 11 is 6.05. The molecule has 0 heterocycles. The molecule has 50 valence electrons. The van der Waals surface area contributed by atoms with E-state index < -0.39 is 5.34 Å². The van der Waals surface area contributed by atoms with Crippen LogP contribution in [-0.4, -0.2) is 22.0 Å². The molecule has 1 atom stereocenters. The third-order valence-electron chi connectivity index (χ3n) is 0.504. The molecule has 0 radical (unpaired) electrons. The van der Waals surface area contributed by atoms with E-state index in [0.717, 1.165) is 0 Å². The zero-order chi connectivity index (χ0) is 6.57. The van der Waals surface area contributed by atoms with Gasteiger partial charge in [0.25, 0.3) is 0 Å². The van der Waals surface area contributed by atoms with Crippen LogP contribution < -0.4 is 0 Å². The molecule has 0 spiro atoms. The Morgan fingerprint density at radius 2 is 2.00 bits per heavy atom. The van der Waals surface area contributed by atoms with Crippen molar-refractivity contribution in [2.75, 3.05) is 11.9 Å². The van der Waals surface area contributed by atoms with Crippen molar-refractivity contribution in [3.8, 4) is 0 Å². The molecular weight excluding hydrogens is 248 g/mol. The number of nitrogens with zero attached hydrogens (tertiary/aromatic N) is 1. The molecule has 0 aliphatic rings. The molecule has 0 saturated carbocycles. The highest BCUT2D eigenvalue weighted by molar-refractivity contribution is 9.12. The van der Waals surface area contributed by atoms with Crippen LogP contribution in [0.1, 0.15) is 0 Å². The lowest BCUT2D eigenvalue weighted by atomic mass is 10.5. The number of rotatable bonds is 3. The molecule has 0 N–H and O–H groups in total. The van der Waals surface area contributed by atoms with Gasteiger partial charge in [-0.1, -0.05) is 31.9 Å². The predicted octanol–water partition coefficient (Wildman–Crippen LogP) is 2.22. The third kappa shape index (κ3) is 4.93. The van der Waals surface area contributed by atoms with E-state index in [1.54, 1.807) is 0 Å². The lowest BCUT2D eigenvalue weighted by Gasteiger charge is -2.03. The van der Waals surface area contributed by atoms with Gasteiger partial charge in [0.2, 0.25) is 0 Å². The minimum Gasteiger partial charge on any atom is -0.102 e. The van der Waals surface area contributed by atoms with Crippen LogP contribution in [0.25, 0.3) is 0 Å². The maximum absolute atomic E-state index is 11.3. The molecule has 0 aromatic heterocycles. The van der Waals surface area contributed by atoms with Gasteiger partial charge in [0.1, 0.15) is 0 Å². The van der Waals surface area contributed by atoms with Crippen molar-refractivity contribution in [3.05, 3.63) is 0 Å². The van der Waals surface area contributed by atoms with Gasteiger partial charge < -0.3 is 0 Å². The van der Waals surface area contributed by atoms with Crippen molar-refractivity contribution in [2.24, 2.45) is 0 Å². The molecule has 0 aliphatic carbocycles. The lowest BCUT2D eigenvalue weighted by molar-refractivity contribution is -0.150. The average Bonchev–Trinajstić information content (AvgIpc) is 1.65. The molecule has 0 fully saturated rings. The van der Waals surface area contributed by atoms with Crippen molar-refractivity contribution in [1.82, 2.24) is 5.34 Å². The number of halogens is 4.